The summed E-state index contributed by atoms with van der Waals surface area (Å²) in [7, 11) is 0.889. The van der Waals surface area contributed by atoms with E-state index in [1.54, 1.807) is 18.2 Å². The third-order valence-corrected chi connectivity index (χ3v) is 1.50. The molecule has 0 aliphatic carbocycles. The molecule has 0 heterocycles. The largest absolute Gasteiger partial charge is 0.298 e. The summed E-state index contributed by atoms with van der Waals surface area (Å²) >= 11 is 0. The van der Waals surface area contributed by atoms with E-state index in [-0.39, 0.29) is 0 Å². The quantitative estimate of drug-likeness (QED) is 0.246. The Balaban J connectivity index is -0.000000317. The Kier molecular flexibility index (Phi) is 20.6. The SMILES string of the molecule is C=C/C=C(CC)\C(C=O)=C/C=C.CC.C[N+](=O)[O-]. The van der Waals surface area contributed by atoms with Gasteiger partial charge in [0.15, 0.2) is 7.05 Å². The molecule has 0 N–H and O–H groups in total. The van der Waals surface area contributed by atoms with Gasteiger partial charge in [-0.25, -0.2) is 0 Å². The number of hydrogen-bond acceptors (Lipinski definition) is 3. The maximum absolute atomic E-state index is 10.6. The Morgan fingerprint density at radius 3 is 1.83 bits per heavy atom. The van der Waals surface area contributed by atoms with E-state index in [1.807, 2.05) is 26.8 Å². The fraction of sp³-hybridized carbons (Fsp3) is 0.357. The smallest absolute Gasteiger partial charge is 0.194 e. The number of rotatable bonds is 5. The van der Waals surface area contributed by atoms with E-state index in [1.165, 1.54) is 0 Å². The maximum Gasteiger partial charge on any atom is 0.194 e. The number of carbonyl (C=O) groups excluding carboxylic acids is 1. The molecular formula is C14H23NO3. The van der Waals surface area contributed by atoms with Crippen LogP contribution in [0.25, 0.3) is 0 Å². The van der Waals surface area contributed by atoms with E-state index >= 15 is 0 Å². The van der Waals surface area contributed by atoms with Crippen molar-refractivity contribution in [3.8, 4) is 0 Å². The van der Waals surface area contributed by atoms with E-state index in [0.29, 0.717) is 5.57 Å². The van der Waals surface area contributed by atoms with Crippen LogP contribution in [-0.2, 0) is 4.79 Å². The summed E-state index contributed by atoms with van der Waals surface area (Å²) in [6.45, 7) is 13.1. The summed E-state index contributed by atoms with van der Waals surface area (Å²) in [5, 5.41) is 8.81. The first-order chi connectivity index (χ1) is 8.53. The Labute approximate surface area is 110 Å². The minimum Gasteiger partial charge on any atom is -0.298 e. The van der Waals surface area contributed by atoms with Crippen molar-refractivity contribution in [1.29, 1.82) is 0 Å². The van der Waals surface area contributed by atoms with E-state index in [9.17, 15) is 4.79 Å². The zero-order chi connectivity index (χ0) is 15.0. The molecule has 0 saturated carbocycles. The highest BCUT2D eigenvalue weighted by Gasteiger charge is 1.98. The van der Waals surface area contributed by atoms with Crippen LogP contribution in [0, 0.1) is 10.1 Å². The van der Waals surface area contributed by atoms with Gasteiger partial charge in [-0.15, -0.1) is 0 Å². The summed E-state index contributed by atoms with van der Waals surface area (Å²) in [6, 6.07) is 0. The Bertz CT molecular complexity index is 311. The molecule has 0 spiro atoms. The van der Waals surface area contributed by atoms with Crippen molar-refractivity contribution in [2.75, 3.05) is 7.05 Å². The van der Waals surface area contributed by atoms with Crippen LogP contribution in [0.3, 0.4) is 0 Å². The first kappa shape index (κ1) is 21.3. The lowest BCUT2D eigenvalue weighted by atomic mass is 10.0. The number of nitrogens with zero attached hydrogens (tertiary/aromatic N) is 1. The predicted octanol–water partition coefficient (Wildman–Crippen LogP) is 3.74. The standard InChI is InChI=1S/C11H14O.C2H6.CH3NO2/c1-4-7-10(6-3)11(9-12)8-5-2;1-2;1-2(3)4/h4-5,7-9H,1-2,6H2,3H3;1-2H3;1H3/b10-7-,11-8-;;. The monoisotopic (exact) mass is 253 g/mol. The molecule has 4 heteroatoms. The molecule has 0 aliphatic heterocycles. The molecule has 0 radical (unpaired) electrons. The van der Waals surface area contributed by atoms with Crippen LogP contribution < -0.4 is 0 Å². The summed E-state index contributed by atoms with van der Waals surface area (Å²) in [5.41, 5.74) is 1.66. The van der Waals surface area contributed by atoms with E-state index in [4.69, 9.17) is 10.1 Å². The van der Waals surface area contributed by atoms with Crippen LogP contribution >= 0.6 is 0 Å². The lowest BCUT2D eigenvalue weighted by Gasteiger charge is -2.00. The Morgan fingerprint density at radius 1 is 1.22 bits per heavy atom. The molecule has 0 bridgehead atoms. The molecule has 0 fully saturated rings. The second-order valence-electron chi connectivity index (χ2n) is 2.70. The molecular weight excluding hydrogens is 230 g/mol. The van der Waals surface area contributed by atoms with Crippen LogP contribution in [-0.4, -0.2) is 18.3 Å². The van der Waals surface area contributed by atoms with Crippen LogP contribution in [0.2, 0.25) is 0 Å². The van der Waals surface area contributed by atoms with Crippen molar-refractivity contribution in [3.05, 3.63) is 58.7 Å². The van der Waals surface area contributed by atoms with E-state index in [2.05, 4.69) is 13.2 Å². The number of aldehydes is 1. The van der Waals surface area contributed by atoms with Crippen LogP contribution in [0.4, 0.5) is 0 Å². The average Bonchev–Trinajstić information content (AvgIpc) is 2.35. The van der Waals surface area contributed by atoms with Crippen LogP contribution in [0.1, 0.15) is 27.2 Å². The molecule has 0 unspecified atom stereocenters. The molecule has 0 aromatic rings. The molecule has 18 heavy (non-hydrogen) atoms. The summed E-state index contributed by atoms with van der Waals surface area (Å²) in [6.07, 6.45) is 8.48. The lowest BCUT2D eigenvalue weighted by Crippen LogP contribution is -1.89. The fourth-order valence-electron chi connectivity index (χ4n) is 0.909. The van der Waals surface area contributed by atoms with Crippen molar-refractivity contribution in [1.82, 2.24) is 0 Å². The zero-order valence-corrected chi connectivity index (χ0v) is 11.7. The molecule has 0 aromatic heterocycles. The zero-order valence-electron chi connectivity index (χ0n) is 11.7. The Hall–Kier alpha value is -1.97. The van der Waals surface area contributed by atoms with Crippen LogP contribution in [0.5, 0.6) is 0 Å². The molecule has 0 aliphatic rings. The summed E-state index contributed by atoms with van der Waals surface area (Å²) < 4.78 is 0. The number of hydrogen-bond donors (Lipinski definition) is 0. The second kappa shape index (κ2) is 17.4. The molecule has 0 saturated heterocycles. The third-order valence-electron chi connectivity index (χ3n) is 1.50. The topological polar surface area (TPSA) is 60.2 Å². The van der Waals surface area contributed by atoms with Gasteiger partial charge in [0.2, 0.25) is 0 Å². The second-order valence-corrected chi connectivity index (χ2v) is 2.70. The van der Waals surface area contributed by atoms with Gasteiger partial charge in [-0.1, -0.05) is 58.2 Å². The first-order valence-electron chi connectivity index (χ1n) is 5.71. The molecule has 0 atom stereocenters. The molecule has 0 rings (SSSR count). The van der Waals surface area contributed by atoms with Gasteiger partial charge in [-0.3, -0.25) is 14.9 Å². The fourth-order valence-corrected chi connectivity index (χ4v) is 0.909. The van der Waals surface area contributed by atoms with Crippen LogP contribution in [0.15, 0.2) is 48.6 Å². The van der Waals surface area contributed by atoms with Gasteiger partial charge in [-0.05, 0) is 12.0 Å². The summed E-state index contributed by atoms with van der Waals surface area (Å²) in [4.78, 5) is 18.9. The number of allylic oxidation sites excluding steroid dienone is 6. The van der Waals surface area contributed by atoms with Gasteiger partial charge in [0.25, 0.3) is 0 Å². The minimum absolute atomic E-state index is 0.500. The maximum atomic E-state index is 10.6. The molecule has 0 aromatic carbocycles. The van der Waals surface area contributed by atoms with Gasteiger partial charge < -0.3 is 0 Å². The molecule has 0 amide bonds. The van der Waals surface area contributed by atoms with Gasteiger partial charge in [0.1, 0.15) is 6.29 Å². The van der Waals surface area contributed by atoms with Gasteiger partial charge >= 0.3 is 0 Å². The first-order valence-corrected chi connectivity index (χ1v) is 5.71. The van der Waals surface area contributed by atoms with Crippen molar-refractivity contribution in [2.24, 2.45) is 0 Å². The van der Waals surface area contributed by atoms with E-state index in [0.717, 1.165) is 25.3 Å². The highest BCUT2D eigenvalue weighted by atomic mass is 16.6. The highest BCUT2D eigenvalue weighted by Crippen LogP contribution is 2.11. The number of nitro groups is 1. The summed E-state index contributed by atoms with van der Waals surface area (Å²) in [5.74, 6) is 0. The number of carbonyl (C=O) groups is 1. The van der Waals surface area contributed by atoms with Crippen molar-refractivity contribution >= 4 is 6.29 Å². The highest BCUT2D eigenvalue weighted by molar-refractivity contribution is 5.80. The third kappa shape index (κ3) is 16.5. The lowest BCUT2D eigenvalue weighted by molar-refractivity contribution is -0.445. The van der Waals surface area contributed by atoms with Gasteiger partial charge in [0, 0.05) is 10.5 Å². The van der Waals surface area contributed by atoms with Crippen molar-refractivity contribution in [2.45, 2.75) is 27.2 Å². The van der Waals surface area contributed by atoms with E-state index < -0.39 is 4.92 Å². The van der Waals surface area contributed by atoms with Gasteiger partial charge in [-0.2, -0.15) is 0 Å². The van der Waals surface area contributed by atoms with Crippen molar-refractivity contribution in [3.63, 3.8) is 0 Å². The minimum atomic E-state index is -0.500. The Morgan fingerprint density at radius 2 is 1.61 bits per heavy atom. The normalized spacial score (nSPS) is 10.0. The van der Waals surface area contributed by atoms with Gasteiger partial charge in [0.05, 0.1) is 0 Å². The average molecular weight is 253 g/mol. The van der Waals surface area contributed by atoms with Crippen molar-refractivity contribution < 1.29 is 9.72 Å². The molecule has 4 nitrogen and oxygen atoms in total. The predicted molar refractivity (Wildman–Crippen MR) is 77.2 cm³/mol. The molecule has 102 valence electrons.